The van der Waals surface area contributed by atoms with Crippen LogP contribution in [0.25, 0.3) is 0 Å². The van der Waals surface area contributed by atoms with E-state index in [1.807, 2.05) is 0 Å². The largest absolute Gasteiger partial charge is 0.352 e. The molecule has 0 bridgehead atoms. The Morgan fingerprint density at radius 2 is 1.96 bits per heavy atom. The third-order valence-electron chi connectivity index (χ3n) is 4.62. The van der Waals surface area contributed by atoms with Gasteiger partial charge in [0, 0.05) is 18.7 Å². The van der Waals surface area contributed by atoms with Crippen LogP contribution in [0.5, 0.6) is 0 Å². The van der Waals surface area contributed by atoms with Gasteiger partial charge in [0.2, 0.25) is 10.0 Å². The number of benzene rings is 1. The first-order valence-electron chi connectivity index (χ1n) is 8.63. The zero-order valence-corrected chi connectivity index (χ0v) is 15.8. The maximum atomic E-state index is 12.3. The zero-order chi connectivity index (χ0) is 17.0. The second kappa shape index (κ2) is 8.98. The Hall–Kier alpha value is -1.15. The van der Waals surface area contributed by atoms with Crippen LogP contribution >= 0.6 is 12.4 Å². The Morgan fingerprint density at radius 1 is 1.16 bits per heavy atom. The minimum atomic E-state index is -3.55. The molecular formula is C17H26ClN3O3S. The smallest absolute Gasteiger partial charge is 0.251 e. The molecule has 0 spiro atoms. The highest BCUT2D eigenvalue weighted by atomic mass is 35.5. The summed E-state index contributed by atoms with van der Waals surface area (Å²) in [6.45, 7) is 3.05. The molecule has 2 aliphatic rings. The molecule has 1 aliphatic carbocycles. The van der Waals surface area contributed by atoms with E-state index in [-0.39, 0.29) is 23.2 Å². The first-order valence-corrected chi connectivity index (χ1v) is 10.1. The van der Waals surface area contributed by atoms with Gasteiger partial charge in [0.25, 0.3) is 5.91 Å². The molecule has 25 heavy (non-hydrogen) atoms. The van der Waals surface area contributed by atoms with Gasteiger partial charge >= 0.3 is 0 Å². The first kappa shape index (κ1) is 20.2. The zero-order valence-electron chi connectivity index (χ0n) is 14.2. The van der Waals surface area contributed by atoms with Gasteiger partial charge in [-0.25, -0.2) is 13.1 Å². The lowest BCUT2D eigenvalue weighted by atomic mass is 10.00. The van der Waals surface area contributed by atoms with Crippen molar-refractivity contribution in [1.29, 1.82) is 0 Å². The van der Waals surface area contributed by atoms with Gasteiger partial charge < -0.3 is 10.6 Å². The molecule has 140 valence electrons. The summed E-state index contributed by atoms with van der Waals surface area (Å²) in [6, 6.07) is 6.23. The highest BCUT2D eigenvalue weighted by molar-refractivity contribution is 7.89. The Bertz CT molecular complexity index is 686. The van der Waals surface area contributed by atoms with E-state index < -0.39 is 10.0 Å². The highest BCUT2D eigenvalue weighted by Gasteiger charge is 2.24. The van der Waals surface area contributed by atoms with Gasteiger partial charge in [-0.05, 0) is 68.8 Å². The molecule has 1 unspecified atom stereocenters. The van der Waals surface area contributed by atoms with Crippen molar-refractivity contribution < 1.29 is 13.2 Å². The number of hydrogen-bond acceptors (Lipinski definition) is 4. The summed E-state index contributed by atoms with van der Waals surface area (Å²) < 4.78 is 27.2. The highest BCUT2D eigenvalue weighted by Crippen LogP contribution is 2.28. The van der Waals surface area contributed by atoms with Crippen LogP contribution in [0.3, 0.4) is 0 Å². The monoisotopic (exact) mass is 387 g/mol. The first-order chi connectivity index (χ1) is 11.5. The third-order valence-corrected chi connectivity index (χ3v) is 6.04. The maximum absolute atomic E-state index is 12.3. The van der Waals surface area contributed by atoms with Gasteiger partial charge in [-0.3, -0.25) is 4.79 Å². The molecule has 1 aromatic rings. The molecule has 0 aromatic heterocycles. The molecule has 6 nitrogen and oxygen atoms in total. The molecule has 3 rings (SSSR count). The average Bonchev–Trinajstić information content (AvgIpc) is 3.43. The lowest BCUT2D eigenvalue weighted by Gasteiger charge is -2.22. The van der Waals surface area contributed by atoms with Crippen LogP contribution in [0, 0.1) is 11.8 Å². The van der Waals surface area contributed by atoms with Crippen molar-refractivity contribution in [3.05, 3.63) is 29.8 Å². The molecule has 0 radical (unpaired) electrons. The van der Waals surface area contributed by atoms with Gasteiger partial charge in [-0.15, -0.1) is 12.4 Å². The van der Waals surface area contributed by atoms with Crippen molar-refractivity contribution in [2.75, 3.05) is 26.2 Å². The number of sulfonamides is 1. The van der Waals surface area contributed by atoms with Gasteiger partial charge in [-0.2, -0.15) is 0 Å². The van der Waals surface area contributed by atoms with E-state index in [4.69, 9.17) is 0 Å². The molecular weight excluding hydrogens is 362 g/mol. The maximum Gasteiger partial charge on any atom is 0.251 e. The van der Waals surface area contributed by atoms with Crippen molar-refractivity contribution in [3.63, 3.8) is 0 Å². The van der Waals surface area contributed by atoms with Gasteiger partial charge in [0.1, 0.15) is 0 Å². The predicted molar refractivity (Wildman–Crippen MR) is 99.5 cm³/mol. The minimum Gasteiger partial charge on any atom is -0.352 e. The van der Waals surface area contributed by atoms with E-state index in [1.54, 1.807) is 12.1 Å². The Kier molecular flexibility index (Phi) is 7.25. The van der Waals surface area contributed by atoms with Gasteiger partial charge in [0.05, 0.1) is 4.90 Å². The molecule has 8 heteroatoms. The fourth-order valence-corrected chi connectivity index (χ4v) is 4.04. The second-order valence-corrected chi connectivity index (χ2v) is 8.51. The van der Waals surface area contributed by atoms with E-state index in [1.165, 1.54) is 12.1 Å². The summed E-state index contributed by atoms with van der Waals surface area (Å²) in [4.78, 5) is 12.4. The number of carbonyl (C=O) groups is 1. The number of rotatable bonds is 7. The molecule has 1 amide bonds. The van der Waals surface area contributed by atoms with Crippen molar-refractivity contribution >= 4 is 28.3 Å². The lowest BCUT2D eigenvalue weighted by molar-refractivity contribution is 0.0944. The second-order valence-electron chi connectivity index (χ2n) is 6.75. The minimum absolute atomic E-state index is 0. The van der Waals surface area contributed by atoms with E-state index in [0.29, 0.717) is 30.5 Å². The normalized spacial score (nSPS) is 20.6. The lowest BCUT2D eigenvalue weighted by Crippen LogP contribution is -2.38. The van der Waals surface area contributed by atoms with Crippen LogP contribution in [-0.4, -0.2) is 40.5 Å². The molecule has 1 aliphatic heterocycles. The Balaban J connectivity index is 0.00000225. The van der Waals surface area contributed by atoms with E-state index in [9.17, 15) is 13.2 Å². The molecule has 1 heterocycles. The average molecular weight is 388 g/mol. The van der Waals surface area contributed by atoms with Crippen LogP contribution < -0.4 is 15.4 Å². The van der Waals surface area contributed by atoms with Crippen LogP contribution in [0.2, 0.25) is 0 Å². The Morgan fingerprint density at radius 3 is 2.64 bits per heavy atom. The molecule has 1 saturated heterocycles. The van der Waals surface area contributed by atoms with Crippen LogP contribution in [0.1, 0.15) is 36.0 Å². The number of carbonyl (C=O) groups excluding carboxylic acids is 1. The SMILES string of the molecule is Cl.O=C(NCC1CCCNC1)c1cccc(S(=O)(=O)NCC2CC2)c1. The van der Waals surface area contributed by atoms with Gasteiger partial charge in [-0.1, -0.05) is 6.07 Å². The van der Waals surface area contributed by atoms with Crippen molar-refractivity contribution in [2.45, 2.75) is 30.6 Å². The topological polar surface area (TPSA) is 87.3 Å². The summed E-state index contributed by atoms with van der Waals surface area (Å²) in [6.07, 6.45) is 4.40. The third kappa shape index (κ3) is 5.95. The molecule has 1 atom stereocenters. The number of halogens is 1. The summed E-state index contributed by atoms with van der Waals surface area (Å²) >= 11 is 0. The van der Waals surface area contributed by atoms with E-state index in [0.717, 1.165) is 38.8 Å². The van der Waals surface area contributed by atoms with Crippen molar-refractivity contribution in [2.24, 2.45) is 11.8 Å². The van der Waals surface area contributed by atoms with Crippen LogP contribution in [0.4, 0.5) is 0 Å². The molecule has 3 N–H and O–H groups in total. The Labute approximate surface area is 155 Å². The molecule has 1 aromatic carbocycles. The van der Waals surface area contributed by atoms with Gasteiger partial charge in [0.15, 0.2) is 0 Å². The standard InChI is InChI=1S/C17H25N3O3S.ClH/c21-17(19-11-14-3-2-8-18-10-14)15-4-1-5-16(9-15)24(22,23)20-12-13-6-7-13;/h1,4-5,9,13-14,18,20H,2-3,6-8,10-12H2,(H,19,21);1H. The molecule has 2 fully saturated rings. The molecule has 1 saturated carbocycles. The number of piperidine rings is 1. The van der Waals surface area contributed by atoms with E-state index >= 15 is 0 Å². The quantitative estimate of drug-likeness (QED) is 0.662. The van der Waals surface area contributed by atoms with E-state index in [2.05, 4.69) is 15.4 Å². The fourth-order valence-electron chi connectivity index (χ4n) is 2.87. The number of nitrogens with one attached hydrogen (secondary N) is 3. The van der Waals surface area contributed by atoms with Crippen molar-refractivity contribution in [3.8, 4) is 0 Å². The van der Waals surface area contributed by atoms with Crippen LogP contribution in [0.15, 0.2) is 29.2 Å². The summed E-state index contributed by atoms with van der Waals surface area (Å²) in [5.41, 5.74) is 0.382. The summed E-state index contributed by atoms with van der Waals surface area (Å²) in [5.74, 6) is 0.685. The summed E-state index contributed by atoms with van der Waals surface area (Å²) in [5, 5.41) is 6.23. The fraction of sp³-hybridized carbons (Fsp3) is 0.588. The number of amides is 1. The predicted octanol–water partition coefficient (Wildman–Crippen LogP) is 1.53. The number of hydrogen-bond donors (Lipinski definition) is 3. The van der Waals surface area contributed by atoms with Crippen LogP contribution in [-0.2, 0) is 10.0 Å². The van der Waals surface area contributed by atoms with Crippen molar-refractivity contribution in [1.82, 2.24) is 15.4 Å². The summed E-state index contributed by atoms with van der Waals surface area (Å²) in [7, 11) is -3.55.